The topological polar surface area (TPSA) is 44.4 Å². The molecule has 1 aromatic carbocycles. The van der Waals surface area contributed by atoms with Crippen molar-refractivity contribution in [3.8, 4) is 0 Å². The van der Waals surface area contributed by atoms with Gasteiger partial charge in [-0.1, -0.05) is 32.0 Å². The molecule has 0 aliphatic carbocycles. The Bertz CT molecular complexity index is 473. The van der Waals surface area contributed by atoms with E-state index >= 15 is 0 Å². The molecule has 0 fully saturated rings. The summed E-state index contributed by atoms with van der Waals surface area (Å²) in [5.74, 6) is 0.730. The van der Waals surface area contributed by atoms with Gasteiger partial charge in [-0.25, -0.2) is 0 Å². The molecule has 0 radical (unpaired) electrons. The molecular formula is C17H27N3O. The van der Waals surface area contributed by atoms with Crippen molar-refractivity contribution in [1.82, 2.24) is 10.6 Å². The van der Waals surface area contributed by atoms with Crippen LogP contribution in [0.15, 0.2) is 24.3 Å². The van der Waals surface area contributed by atoms with Gasteiger partial charge in [0.05, 0.1) is 6.54 Å². The first kappa shape index (κ1) is 15.8. The van der Waals surface area contributed by atoms with E-state index in [9.17, 15) is 4.79 Å². The fourth-order valence-electron chi connectivity index (χ4n) is 2.63. The largest absolute Gasteiger partial charge is 0.360 e. The molecule has 4 nitrogen and oxygen atoms in total. The van der Waals surface area contributed by atoms with Gasteiger partial charge in [0.25, 0.3) is 0 Å². The predicted octanol–water partition coefficient (Wildman–Crippen LogP) is 2.15. The molecule has 0 spiro atoms. The van der Waals surface area contributed by atoms with Crippen LogP contribution < -0.4 is 15.5 Å². The number of carbonyl (C=O) groups excluding carboxylic acids is 1. The number of nitrogens with one attached hydrogen (secondary N) is 2. The van der Waals surface area contributed by atoms with Crippen molar-refractivity contribution in [3.63, 3.8) is 0 Å². The highest BCUT2D eigenvalue weighted by Crippen LogP contribution is 2.22. The molecule has 0 bridgehead atoms. The Balaban J connectivity index is 1.99. The quantitative estimate of drug-likeness (QED) is 0.873. The summed E-state index contributed by atoms with van der Waals surface area (Å²) in [4.78, 5) is 14.3. The van der Waals surface area contributed by atoms with Crippen LogP contribution in [0.25, 0.3) is 0 Å². The van der Waals surface area contributed by atoms with E-state index in [1.54, 1.807) is 0 Å². The van der Waals surface area contributed by atoms with Crippen LogP contribution in [0.5, 0.6) is 0 Å². The van der Waals surface area contributed by atoms with Crippen LogP contribution in [0.2, 0.25) is 0 Å². The van der Waals surface area contributed by atoms with Crippen LogP contribution >= 0.6 is 0 Å². The number of para-hydroxylation sites is 1. The standard InChI is InChI=1S/C17H27N3O/c1-13(2)8-9-18-17(21)12-20-11-14(3)19-10-15-6-4-5-7-16(15)20/h4-7,13-14,19H,8-12H2,1-3H3,(H,18,21). The minimum atomic E-state index is 0.111. The molecule has 1 aromatic rings. The van der Waals surface area contributed by atoms with Gasteiger partial charge in [0.2, 0.25) is 5.91 Å². The van der Waals surface area contributed by atoms with Crippen LogP contribution in [0.4, 0.5) is 5.69 Å². The Morgan fingerprint density at radius 1 is 1.43 bits per heavy atom. The van der Waals surface area contributed by atoms with Crippen molar-refractivity contribution >= 4 is 11.6 Å². The Kier molecular flexibility index (Phi) is 5.62. The van der Waals surface area contributed by atoms with Gasteiger partial charge < -0.3 is 15.5 Å². The lowest BCUT2D eigenvalue weighted by Crippen LogP contribution is -2.42. The van der Waals surface area contributed by atoms with Gasteiger partial charge in [-0.2, -0.15) is 0 Å². The maximum Gasteiger partial charge on any atom is 0.239 e. The third-order valence-corrected chi connectivity index (χ3v) is 3.85. The van der Waals surface area contributed by atoms with Gasteiger partial charge >= 0.3 is 0 Å². The number of fused-ring (bicyclic) bond motifs is 1. The molecular weight excluding hydrogens is 262 g/mol. The summed E-state index contributed by atoms with van der Waals surface area (Å²) < 4.78 is 0. The fourth-order valence-corrected chi connectivity index (χ4v) is 2.63. The zero-order valence-electron chi connectivity index (χ0n) is 13.4. The Morgan fingerprint density at radius 2 is 2.19 bits per heavy atom. The van der Waals surface area contributed by atoms with E-state index in [-0.39, 0.29) is 5.91 Å². The minimum absolute atomic E-state index is 0.111. The number of rotatable bonds is 5. The maximum atomic E-state index is 12.1. The van der Waals surface area contributed by atoms with Crippen molar-refractivity contribution < 1.29 is 4.79 Å². The zero-order valence-corrected chi connectivity index (χ0v) is 13.4. The van der Waals surface area contributed by atoms with Crippen molar-refractivity contribution in [2.24, 2.45) is 5.92 Å². The number of hydrogen-bond acceptors (Lipinski definition) is 3. The van der Waals surface area contributed by atoms with Gasteiger partial charge in [-0.15, -0.1) is 0 Å². The summed E-state index contributed by atoms with van der Waals surface area (Å²) in [6.07, 6.45) is 1.03. The van der Waals surface area contributed by atoms with Crippen molar-refractivity contribution in [2.75, 3.05) is 24.5 Å². The number of anilines is 1. The lowest BCUT2D eigenvalue weighted by atomic mass is 10.1. The van der Waals surface area contributed by atoms with Crippen LogP contribution in [0.1, 0.15) is 32.8 Å². The molecule has 1 unspecified atom stereocenters. The minimum Gasteiger partial charge on any atom is -0.360 e. The maximum absolute atomic E-state index is 12.1. The van der Waals surface area contributed by atoms with Gasteiger partial charge in [0.1, 0.15) is 0 Å². The van der Waals surface area contributed by atoms with E-state index in [1.807, 2.05) is 6.07 Å². The van der Waals surface area contributed by atoms with Crippen molar-refractivity contribution in [3.05, 3.63) is 29.8 Å². The highest BCUT2D eigenvalue weighted by molar-refractivity contribution is 5.81. The van der Waals surface area contributed by atoms with Crippen LogP contribution in [-0.2, 0) is 11.3 Å². The summed E-state index contributed by atoms with van der Waals surface area (Å²) in [6, 6.07) is 8.71. The molecule has 0 saturated heterocycles. The van der Waals surface area contributed by atoms with Gasteiger partial charge in [0.15, 0.2) is 0 Å². The molecule has 1 aliphatic rings. The van der Waals surface area contributed by atoms with Crippen molar-refractivity contribution in [2.45, 2.75) is 39.8 Å². The number of nitrogens with zero attached hydrogens (tertiary/aromatic N) is 1. The molecule has 1 atom stereocenters. The SMILES string of the molecule is CC(C)CCNC(=O)CN1CC(C)NCc2ccccc21. The highest BCUT2D eigenvalue weighted by atomic mass is 16.2. The normalized spacial score (nSPS) is 18.3. The van der Waals surface area contributed by atoms with Crippen LogP contribution in [-0.4, -0.2) is 31.6 Å². The molecule has 116 valence electrons. The van der Waals surface area contributed by atoms with E-state index < -0.39 is 0 Å². The number of hydrogen-bond donors (Lipinski definition) is 2. The van der Waals surface area contributed by atoms with Crippen LogP contribution in [0.3, 0.4) is 0 Å². The fraction of sp³-hybridized carbons (Fsp3) is 0.588. The Hall–Kier alpha value is -1.55. The molecule has 1 amide bonds. The first-order valence-corrected chi connectivity index (χ1v) is 7.89. The first-order chi connectivity index (χ1) is 10.1. The molecule has 0 aromatic heterocycles. The summed E-state index contributed by atoms with van der Waals surface area (Å²) in [7, 11) is 0. The number of carbonyl (C=O) groups is 1. The zero-order chi connectivity index (χ0) is 15.2. The Labute approximate surface area is 127 Å². The smallest absolute Gasteiger partial charge is 0.239 e. The summed E-state index contributed by atoms with van der Waals surface area (Å²) in [5, 5.41) is 6.51. The molecule has 21 heavy (non-hydrogen) atoms. The van der Waals surface area contributed by atoms with E-state index in [0.29, 0.717) is 18.5 Å². The lowest BCUT2D eigenvalue weighted by molar-refractivity contribution is -0.119. The third-order valence-electron chi connectivity index (χ3n) is 3.85. The van der Waals surface area contributed by atoms with Gasteiger partial charge in [-0.05, 0) is 30.9 Å². The van der Waals surface area contributed by atoms with Gasteiger partial charge in [0, 0.05) is 31.4 Å². The van der Waals surface area contributed by atoms with Crippen molar-refractivity contribution in [1.29, 1.82) is 0 Å². The molecule has 4 heteroatoms. The molecule has 0 saturated carbocycles. The summed E-state index contributed by atoms with van der Waals surface area (Å²) in [5.41, 5.74) is 2.44. The third kappa shape index (κ3) is 4.74. The van der Waals surface area contributed by atoms with E-state index in [0.717, 1.165) is 26.1 Å². The average molecular weight is 289 g/mol. The molecule has 1 heterocycles. The monoisotopic (exact) mass is 289 g/mol. The second-order valence-corrected chi connectivity index (χ2v) is 6.32. The summed E-state index contributed by atoms with van der Waals surface area (Å²) >= 11 is 0. The number of amides is 1. The number of benzene rings is 1. The van der Waals surface area contributed by atoms with Crippen LogP contribution in [0, 0.1) is 5.92 Å². The van der Waals surface area contributed by atoms with E-state index in [2.05, 4.69) is 54.5 Å². The van der Waals surface area contributed by atoms with E-state index in [1.165, 1.54) is 11.3 Å². The highest BCUT2D eigenvalue weighted by Gasteiger charge is 2.20. The van der Waals surface area contributed by atoms with E-state index in [4.69, 9.17) is 0 Å². The molecule has 2 N–H and O–H groups in total. The second kappa shape index (κ2) is 7.46. The van der Waals surface area contributed by atoms with Gasteiger partial charge in [-0.3, -0.25) is 4.79 Å². The predicted molar refractivity (Wildman–Crippen MR) is 87.4 cm³/mol. The average Bonchev–Trinajstić information content (AvgIpc) is 2.59. The lowest BCUT2D eigenvalue weighted by Gasteiger charge is -2.25. The molecule has 2 rings (SSSR count). The Morgan fingerprint density at radius 3 is 2.95 bits per heavy atom. The second-order valence-electron chi connectivity index (χ2n) is 6.32. The summed E-state index contributed by atoms with van der Waals surface area (Å²) in [6.45, 7) is 9.42. The first-order valence-electron chi connectivity index (χ1n) is 7.89. The molecule has 1 aliphatic heterocycles.